The molecule has 0 N–H and O–H groups in total. The van der Waals surface area contributed by atoms with Crippen molar-refractivity contribution < 1.29 is 34.1 Å². The molecule has 0 fully saturated rings. The van der Waals surface area contributed by atoms with Gasteiger partial charge >= 0.3 is 34.1 Å². The van der Waals surface area contributed by atoms with Crippen LogP contribution >= 0.6 is 0 Å². The first kappa shape index (κ1) is 98.1. The van der Waals surface area contributed by atoms with Gasteiger partial charge in [-0.3, -0.25) is 0 Å². The molecule has 0 saturated heterocycles. The zero-order chi connectivity index (χ0) is 94.6. The summed E-state index contributed by atoms with van der Waals surface area (Å²) in [6.07, 6.45) is 12.0. The summed E-state index contributed by atoms with van der Waals surface area (Å²) in [7, 11) is 0. The topological polar surface area (TPSA) is 111 Å². The largest absolute Gasteiger partial charge is 2.00 e. The van der Waals surface area contributed by atoms with E-state index in [1.54, 1.807) is 0 Å². The van der Waals surface area contributed by atoms with Gasteiger partial charge in [-0.2, -0.15) is 0 Å². The number of hydrogen-bond donors (Lipinski definition) is 0. The number of allylic oxidation sites excluding steroid dienone is 8. The van der Waals surface area contributed by atoms with E-state index in [1.807, 2.05) is 0 Å². The molecule has 4 aliphatic heterocycles. The molecule has 13 aromatic rings. The van der Waals surface area contributed by atoms with Gasteiger partial charge in [-0.25, -0.2) is 19.9 Å². The minimum Gasteiger partial charge on any atom is -0.657 e. The zero-order valence-electron chi connectivity index (χ0n) is 85.5. The summed E-state index contributed by atoms with van der Waals surface area (Å²) < 4.78 is 0. The van der Waals surface area contributed by atoms with Gasteiger partial charge in [0.2, 0.25) is 0 Å². The fraction of sp³-hybridized carbons (Fsp3) is 0.339. The van der Waals surface area contributed by atoms with Crippen LogP contribution in [0, 0.1) is 111 Å². The number of benzene rings is 7. The molecule has 0 spiro atoms. The molecule has 4 aliphatic rings. The van der Waals surface area contributed by atoms with Gasteiger partial charge in [-0.15, -0.1) is 44.1 Å². The van der Waals surface area contributed by atoms with Crippen LogP contribution in [0.25, 0.3) is 155 Å². The molecule has 9 nitrogen and oxygen atoms in total. The van der Waals surface area contributed by atoms with Crippen LogP contribution < -0.4 is 24.8 Å². The molecular formula is C124H135Cu2N9. The fourth-order valence-electron chi connectivity index (χ4n) is 23.8. The molecule has 0 aliphatic carbocycles. The first-order valence-electron chi connectivity index (χ1n) is 49.5. The summed E-state index contributed by atoms with van der Waals surface area (Å²) in [6.45, 7) is 66.2. The van der Waals surface area contributed by atoms with Gasteiger partial charge in [0.1, 0.15) is 0 Å². The van der Waals surface area contributed by atoms with Gasteiger partial charge < -0.3 is 24.8 Å². The van der Waals surface area contributed by atoms with Crippen LogP contribution in [-0.2, 0) is 66.2 Å². The quantitative estimate of drug-likeness (QED) is 0.0484. The summed E-state index contributed by atoms with van der Waals surface area (Å²) in [4.78, 5) is 51.1. The van der Waals surface area contributed by atoms with E-state index in [9.17, 15) is 0 Å². The van der Waals surface area contributed by atoms with Crippen LogP contribution in [0.2, 0.25) is 0 Å². The molecule has 17 rings (SSSR count). The van der Waals surface area contributed by atoms with Gasteiger partial charge in [0.05, 0.1) is 45.6 Å². The van der Waals surface area contributed by atoms with Crippen LogP contribution in [0.5, 0.6) is 0 Å². The van der Waals surface area contributed by atoms with E-state index in [4.69, 9.17) is 39.9 Å². The molecule has 0 saturated carbocycles. The van der Waals surface area contributed by atoms with Crippen LogP contribution in [0.4, 0.5) is 17.1 Å². The van der Waals surface area contributed by atoms with E-state index in [2.05, 4.69) is 339 Å². The number of nitrogens with zero attached hydrogens (tertiary/aromatic N) is 9. The SMILES string of the molecule is CCCCCCc1ccc(N(c2ccc(-c3c4nc(c(-c5c(C)cc(C)cc5C)c5[n-]c(cc6nc(c(-c7c(C)cc(C)cc7C)c7[n-]c3c(CC)c7C)C(C)=C6CC)c(CC)c5C)C(C)=C4CC)cc2)c2ccc(-c3c4nc(c(-c5c(C)cc(C)cc5C)c5[n-]c(cc6nc(c(-c7c(C)cc(C)cc7C)c7[n-]c3c(CC)c7C)C(C)=C6CC)c(CC)c5C)C(C)=C4CC)cc2)cc1.[Cu+2].[Cu+2]. The summed E-state index contributed by atoms with van der Waals surface area (Å²) in [5, 5.41) is 0. The third kappa shape index (κ3) is 16.9. The van der Waals surface area contributed by atoms with E-state index >= 15 is 0 Å². The van der Waals surface area contributed by atoms with Crippen molar-refractivity contribution in [2.45, 2.75) is 284 Å². The molecular weight excluding hydrogens is 1740 g/mol. The predicted octanol–water partition coefficient (Wildman–Crippen LogP) is 33.6. The van der Waals surface area contributed by atoms with Crippen molar-refractivity contribution in [2.24, 2.45) is 0 Å². The molecule has 10 heterocycles. The third-order valence-corrected chi connectivity index (χ3v) is 29.9. The number of anilines is 3. The Balaban J connectivity index is 0.00000694. The molecule has 135 heavy (non-hydrogen) atoms. The molecule has 7 aromatic carbocycles. The van der Waals surface area contributed by atoms with Gasteiger partial charge in [-0.05, 0) is 400 Å². The first-order chi connectivity index (χ1) is 63.8. The number of rotatable bonds is 22. The van der Waals surface area contributed by atoms with Gasteiger partial charge in [-0.1, -0.05) is 245 Å². The van der Waals surface area contributed by atoms with Crippen LogP contribution in [0.3, 0.4) is 0 Å². The molecule has 698 valence electrons. The Labute approximate surface area is 825 Å². The molecule has 0 unspecified atom stereocenters. The van der Waals surface area contributed by atoms with Crippen LogP contribution in [0.15, 0.2) is 133 Å². The van der Waals surface area contributed by atoms with E-state index in [-0.39, 0.29) is 34.1 Å². The van der Waals surface area contributed by atoms with Crippen molar-refractivity contribution >= 4 is 106 Å². The second-order valence-corrected chi connectivity index (χ2v) is 38.8. The van der Waals surface area contributed by atoms with E-state index in [0.717, 1.165) is 238 Å². The molecule has 16 bridgehead atoms. The summed E-state index contributed by atoms with van der Waals surface area (Å²) >= 11 is 0. The summed E-state index contributed by atoms with van der Waals surface area (Å²) in [5.74, 6) is 0. The molecule has 0 atom stereocenters. The Morgan fingerprint density at radius 2 is 0.519 bits per heavy atom. The average molecular weight is 1880 g/mol. The maximum Gasteiger partial charge on any atom is 2.00 e. The Morgan fingerprint density at radius 3 is 0.807 bits per heavy atom. The Bertz CT molecular complexity index is 6890. The van der Waals surface area contributed by atoms with Crippen LogP contribution in [0.1, 0.15) is 304 Å². The number of aryl methyl sites for hydroxylation is 21. The minimum atomic E-state index is 0. The average Bonchev–Trinajstić information content (AvgIpc) is 1.57. The van der Waals surface area contributed by atoms with Crippen molar-refractivity contribution in [2.75, 3.05) is 4.90 Å². The summed E-state index contributed by atoms with van der Waals surface area (Å²) in [6, 6.07) is 51.6. The minimum absolute atomic E-state index is 0. The number of hydrogen-bond acceptors (Lipinski definition) is 5. The van der Waals surface area contributed by atoms with Crippen molar-refractivity contribution in [3.05, 3.63) is 296 Å². The molecule has 2 radical (unpaired) electrons. The standard InChI is InChI=1S/C124H135N9.2Cu/c1-30-39-40-41-42-85-43-49-88(50-44-85)133(89-51-45-86(46-52-89)107-121-95(35-6)81(26)117(129-121)109(103-69(14)55-65(10)56-70(103)15)113-77(22)91(31-2)99(125-113)63-100-92(32-3)78(23)114(126-100)110(104-71(16)57-66(11)58-72(104)17)118-82(27)96(36-7)122(107)130-118)90-53-47-87(48-54-90)108-123-97(37-8)83(28)119(131-123)111(105-73(18)59-67(12)60-74(105)19)115-79(24)93(33-4)101(127-115)64-102-94(34-5)80(25)116(128-102)112(106-75(20)61-68(13)62-76(106)21)120-84(29)98(38-9)124(108)132-120;;/h43-64H,30-42H2,1-29H3;;/q-4;2*+2. The first-order valence-corrected chi connectivity index (χ1v) is 49.5. The Hall–Kier alpha value is -11.4. The maximum atomic E-state index is 6.26. The van der Waals surface area contributed by atoms with Crippen LogP contribution in [-0.4, -0.2) is 19.9 Å². The zero-order valence-corrected chi connectivity index (χ0v) is 87.4. The van der Waals surface area contributed by atoms with Gasteiger partial charge in [0, 0.05) is 17.1 Å². The smallest absolute Gasteiger partial charge is 0.657 e. The van der Waals surface area contributed by atoms with E-state index < -0.39 is 0 Å². The monoisotopic (exact) mass is 1880 g/mol. The Morgan fingerprint density at radius 1 is 0.244 bits per heavy atom. The molecule has 11 heteroatoms. The van der Waals surface area contributed by atoms with Crippen molar-refractivity contribution in [1.29, 1.82) is 0 Å². The predicted molar refractivity (Wildman–Crippen MR) is 571 cm³/mol. The maximum absolute atomic E-state index is 6.26. The van der Waals surface area contributed by atoms with Crippen molar-refractivity contribution in [3.63, 3.8) is 0 Å². The second-order valence-electron chi connectivity index (χ2n) is 38.8. The number of unbranched alkanes of at least 4 members (excludes halogenated alkanes) is 3. The fourth-order valence-corrected chi connectivity index (χ4v) is 23.8. The number of aromatic nitrogens is 8. The normalized spacial score (nSPS) is 12.8. The van der Waals surface area contributed by atoms with Crippen molar-refractivity contribution in [3.8, 4) is 66.8 Å². The van der Waals surface area contributed by atoms with Crippen molar-refractivity contribution in [1.82, 2.24) is 39.9 Å². The third-order valence-electron chi connectivity index (χ3n) is 29.9. The molecule has 0 amide bonds. The van der Waals surface area contributed by atoms with Gasteiger partial charge in [0.25, 0.3) is 0 Å². The van der Waals surface area contributed by atoms with E-state index in [0.29, 0.717) is 0 Å². The molecule has 6 aromatic heterocycles. The second kappa shape index (κ2) is 39.4. The number of fused-ring (bicyclic) bond motifs is 16. The van der Waals surface area contributed by atoms with E-state index in [1.165, 1.54) is 181 Å². The Kier molecular flexibility index (Phi) is 28.6. The van der Waals surface area contributed by atoms with Gasteiger partial charge in [0.15, 0.2) is 0 Å². The summed E-state index contributed by atoms with van der Waals surface area (Å²) in [5.41, 5.74) is 66.5.